The van der Waals surface area contributed by atoms with Crippen LogP contribution in [0, 0.1) is 11.7 Å². The van der Waals surface area contributed by atoms with Crippen LogP contribution in [0.15, 0.2) is 18.2 Å². The van der Waals surface area contributed by atoms with Crippen molar-refractivity contribution in [2.24, 2.45) is 5.92 Å². The number of aliphatic hydroxyl groups excluding tert-OH is 1. The molecule has 88 valence electrons. The Balaban J connectivity index is 2.00. The highest BCUT2D eigenvalue weighted by Crippen LogP contribution is 2.36. The second-order valence-electron chi connectivity index (χ2n) is 4.43. The summed E-state index contributed by atoms with van der Waals surface area (Å²) in [4.78, 5) is 0. The Bertz CT molecular complexity index is 361. The molecule has 0 aliphatic heterocycles. The molecule has 1 unspecified atom stereocenters. The van der Waals surface area contributed by atoms with E-state index < -0.39 is 6.10 Å². The lowest BCUT2D eigenvalue weighted by Gasteiger charge is -2.12. The third-order valence-electron chi connectivity index (χ3n) is 3.11. The van der Waals surface area contributed by atoms with Crippen LogP contribution in [0.1, 0.15) is 37.4 Å². The van der Waals surface area contributed by atoms with Crippen molar-refractivity contribution in [1.29, 1.82) is 0 Å². The highest BCUT2D eigenvalue weighted by Gasteiger charge is 2.22. The average molecular weight is 224 g/mol. The third kappa shape index (κ3) is 2.73. The van der Waals surface area contributed by atoms with Gasteiger partial charge >= 0.3 is 0 Å². The van der Waals surface area contributed by atoms with Gasteiger partial charge in [-0.15, -0.1) is 0 Å². The highest BCUT2D eigenvalue weighted by molar-refractivity contribution is 5.31. The van der Waals surface area contributed by atoms with Crippen molar-refractivity contribution in [3.05, 3.63) is 29.6 Å². The predicted octanol–water partition coefficient (Wildman–Crippen LogP) is 3.06. The molecular formula is C13H17FO2. The van der Waals surface area contributed by atoms with E-state index in [0.717, 1.165) is 24.3 Å². The molecule has 2 rings (SSSR count). The van der Waals surface area contributed by atoms with Gasteiger partial charge in [0.05, 0.1) is 13.2 Å². The largest absolute Gasteiger partial charge is 0.494 e. The summed E-state index contributed by atoms with van der Waals surface area (Å²) in [6.45, 7) is 0. The van der Waals surface area contributed by atoms with Crippen molar-refractivity contribution in [2.45, 2.75) is 31.8 Å². The molecule has 2 nitrogen and oxygen atoms in total. The van der Waals surface area contributed by atoms with Gasteiger partial charge in [-0.2, -0.15) is 0 Å². The lowest BCUT2D eigenvalue weighted by molar-refractivity contribution is 0.162. The Hall–Kier alpha value is -1.09. The van der Waals surface area contributed by atoms with E-state index in [2.05, 4.69) is 0 Å². The van der Waals surface area contributed by atoms with Crippen LogP contribution in [0.25, 0.3) is 0 Å². The number of rotatable bonds is 5. The summed E-state index contributed by atoms with van der Waals surface area (Å²) >= 11 is 0. The molecule has 3 heteroatoms. The van der Waals surface area contributed by atoms with Gasteiger partial charge in [0.15, 0.2) is 11.6 Å². The molecule has 1 fully saturated rings. The van der Waals surface area contributed by atoms with E-state index >= 15 is 0 Å². The lowest BCUT2D eigenvalue weighted by Crippen LogP contribution is -1.99. The van der Waals surface area contributed by atoms with Crippen LogP contribution in [-0.4, -0.2) is 12.2 Å². The monoisotopic (exact) mass is 224 g/mol. The Kier molecular flexibility index (Phi) is 3.44. The minimum atomic E-state index is -0.505. The number of benzene rings is 1. The molecule has 0 spiro atoms. The normalized spacial score (nSPS) is 17.2. The first-order valence-corrected chi connectivity index (χ1v) is 5.72. The third-order valence-corrected chi connectivity index (χ3v) is 3.11. The van der Waals surface area contributed by atoms with E-state index in [1.807, 2.05) is 0 Å². The summed E-state index contributed by atoms with van der Waals surface area (Å²) in [6, 6.07) is 4.54. The van der Waals surface area contributed by atoms with Crippen LogP contribution in [0.2, 0.25) is 0 Å². The number of halogens is 1. The molecule has 1 N–H and O–H groups in total. The molecule has 0 amide bonds. The SMILES string of the molecule is COc1cc(C(O)CCC2CC2)ccc1F. The summed E-state index contributed by atoms with van der Waals surface area (Å²) in [5.41, 5.74) is 0.735. The van der Waals surface area contributed by atoms with Gasteiger partial charge in [0.25, 0.3) is 0 Å². The first-order chi connectivity index (χ1) is 7.70. The summed E-state index contributed by atoms with van der Waals surface area (Å²) < 4.78 is 18.0. The molecule has 0 saturated heterocycles. The van der Waals surface area contributed by atoms with Gasteiger partial charge in [-0.3, -0.25) is 0 Å². The second kappa shape index (κ2) is 4.83. The number of hydrogen-bond donors (Lipinski definition) is 1. The summed E-state index contributed by atoms with van der Waals surface area (Å²) in [7, 11) is 1.43. The molecular weight excluding hydrogens is 207 g/mol. The Labute approximate surface area is 95.1 Å². The maximum Gasteiger partial charge on any atom is 0.165 e. The van der Waals surface area contributed by atoms with Gasteiger partial charge in [0.1, 0.15) is 0 Å². The first-order valence-electron chi connectivity index (χ1n) is 5.72. The zero-order valence-corrected chi connectivity index (χ0v) is 9.45. The van der Waals surface area contributed by atoms with E-state index in [9.17, 15) is 9.50 Å². The summed E-state index contributed by atoms with van der Waals surface area (Å²) in [6.07, 6.45) is 3.88. The van der Waals surface area contributed by atoms with Crippen LogP contribution in [0.5, 0.6) is 5.75 Å². The molecule has 0 aromatic heterocycles. The Morgan fingerprint density at radius 3 is 2.88 bits per heavy atom. The van der Waals surface area contributed by atoms with Crippen molar-refractivity contribution in [2.75, 3.05) is 7.11 Å². The van der Waals surface area contributed by atoms with E-state index in [1.165, 1.54) is 26.0 Å². The van der Waals surface area contributed by atoms with Gasteiger partial charge < -0.3 is 9.84 Å². The Morgan fingerprint density at radius 2 is 2.25 bits per heavy atom. The first kappa shape index (κ1) is 11.4. The predicted molar refractivity (Wildman–Crippen MR) is 59.9 cm³/mol. The minimum Gasteiger partial charge on any atom is -0.494 e. The van der Waals surface area contributed by atoms with Crippen molar-refractivity contribution in [1.82, 2.24) is 0 Å². The molecule has 16 heavy (non-hydrogen) atoms. The molecule has 1 aromatic carbocycles. The van der Waals surface area contributed by atoms with Gasteiger partial charge in [-0.1, -0.05) is 18.9 Å². The van der Waals surface area contributed by atoms with Crippen molar-refractivity contribution < 1.29 is 14.2 Å². The topological polar surface area (TPSA) is 29.5 Å². The standard InChI is InChI=1S/C13H17FO2/c1-16-13-8-10(5-6-11(13)14)12(15)7-4-9-2-3-9/h5-6,8-9,12,15H,2-4,7H2,1H3. The molecule has 0 bridgehead atoms. The van der Waals surface area contributed by atoms with Crippen LogP contribution in [0.3, 0.4) is 0 Å². The zero-order chi connectivity index (χ0) is 11.5. The average Bonchev–Trinajstić information content (AvgIpc) is 3.10. The van der Waals surface area contributed by atoms with E-state index in [0.29, 0.717) is 0 Å². The molecule has 1 aliphatic carbocycles. The van der Waals surface area contributed by atoms with E-state index in [-0.39, 0.29) is 11.6 Å². The smallest absolute Gasteiger partial charge is 0.165 e. The van der Waals surface area contributed by atoms with Gasteiger partial charge in [-0.25, -0.2) is 4.39 Å². The molecule has 1 aromatic rings. The highest BCUT2D eigenvalue weighted by atomic mass is 19.1. The molecule has 1 aliphatic rings. The van der Waals surface area contributed by atoms with Crippen LogP contribution < -0.4 is 4.74 Å². The van der Waals surface area contributed by atoms with Gasteiger partial charge in [0, 0.05) is 0 Å². The molecule has 0 heterocycles. The molecule has 0 radical (unpaired) electrons. The molecule has 1 atom stereocenters. The van der Waals surface area contributed by atoms with Gasteiger partial charge in [-0.05, 0) is 36.5 Å². The van der Waals surface area contributed by atoms with Crippen LogP contribution >= 0.6 is 0 Å². The Morgan fingerprint density at radius 1 is 1.50 bits per heavy atom. The fraction of sp³-hybridized carbons (Fsp3) is 0.538. The van der Waals surface area contributed by atoms with Crippen molar-refractivity contribution in [3.63, 3.8) is 0 Å². The second-order valence-corrected chi connectivity index (χ2v) is 4.43. The number of ether oxygens (including phenoxy) is 1. The van der Waals surface area contributed by atoms with E-state index in [4.69, 9.17) is 4.74 Å². The van der Waals surface area contributed by atoms with Crippen LogP contribution in [-0.2, 0) is 0 Å². The fourth-order valence-corrected chi connectivity index (χ4v) is 1.85. The van der Waals surface area contributed by atoms with Crippen molar-refractivity contribution >= 4 is 0 Å². The maximum absolute atomic E-state index is 13.2. The lowest BCUT2D eigenvalue weighted by atomic mass is 10.0. The van der Waals surface area contributed by atoms with E-state index in [1.54, 1.807) is 12.1 Å². The minimum absolute atomic E-state index is 0.197. The summed E-state index contributed by atoms with van der Waals surface area (Å²) in [5, 5.41) is 9.93. The number of aliphatic hydroxyl groups is 1. The number of hydrogen-bond acceptors (Lipinski definition) is 2. The van der Waals surface area contributed by atoms with Crippen LogP contribution in [0.4, 0.5) is 4.39 Å². The summed E-state index contributed by atoms with van der Waals surface area (Å²) in [5.74, 6) is 0.612. The van der Waals surface area contributed by atoms with Crippen molar-refractivity contribution in [3.8, 4) is 5.75 Å². The zero-order valence-electron chi connectivity index (χ0n) is 9.45. The quantitative estimate of drug-likeness (QED) is 0.833. The number of methoxy groups -OCH3 is 1. The fourth-order valence-electron chi connectivity index (χ4n) is 1.85. The van der Waals surface area contributed by atoms with Gasteiger partial charge in [0.2, 0.25) is 0 Å². The molecule has 1 saturated carbocycles. The maximum atomic E-state index is 13.2.